The van der Waals surface area contributed by atoms with E-state index in [-0.39, 0.29) is 31.8 Å². The van der Waals surface area contributed by atoms with E-state index >= 15 is 0 Å². The molecule has 10 nitrogen and oxygen atoms in total. The summed E-state index contributed by atoms with van der Waals surface area (Å²) >= 11 is 0. The van der Waals surface area contributed by atoms with Crippen molar-refractivity contribution in [2.24, 2.45) is 0 Å². The molecule has 3 atom stereocenters. The Labute approximate surface area is 147 Å². The Morgan fingerprint density at radius 3 is 2.73 bits per heavy atom. The summed E-state index contributed by atoms with van der Waals surface area (Å²) in [5.41, 5.74) is -0.544. The van der Waals surface area contributed by atoms with Crippen LogP contribution in [0.15, 0.2) is 22.0 Å². The molecule has 0 aromatic carbocycles. The van der Waals surface area contributed by atoms with E-state index in [9.17, 15) is 24.2 Å². The summed E-state index contributed by atoms with van der Waals surface area (Å²) in [6, 6.07) is 0. The number of aliphatic hydroxyl groups excluding tert-OH is 2. The molecule has 2 aromatic heterocycles. The van der Waals surface area contributed by atoms with Crippen molar-refractivity contribution in [2.75, 3.05) is 6.61 Å². The highest BCUT2D eigenvalue weighted by Crippen LogP contribution is 2.27. The van der Waals surface area contributed by atoms with Gasteiger partial charge >= 0.3 is 5.69 Å². The minimum Gasteiger partial charge on any atom is -0.394 e. The van der Waals surface area contributed by atoms with Crippen molar-refractivity contribution >= 4 is 0 Å². The first-order valence-corrected chi connectivity index (χ1v) is 8.16. The molecule has 3 rings (SSSR count). The van der Waals surface area contributed by atoms with Crippen molar-refractivity contribution in [2.45, 2.75) is 51.5 Å². The highest BCUT2D eigenvalue weighted by atomic mass is 19.1. The van der Waals surface area contributed by atoms with E-state index in [4.69, 9.17) is 4.74 Å². The molecule has 1 saturated heterocycles. The van der Waals surface area contributed by atoms with Crippen molar-refractivity contribution in [1.29, 1.82) is 0 Å². The molecule has 0 saturated carbocycles. The van der Waals surface area contributed by atoms with Crippen LogP contribution >= 0.6 is 0 Å². The van der Waals surface area contributed by atoms with Crippen molar-refractivity contribution in [3.8, 4) is 0 Å². The first-order valence-electron chi connectivity index (χ1n) is 8.16. The van der Waals surface area contributed by atoms with Gasteiger partial charge in [0.05, 0.1) is 32.0 Å². The zero-order valence-electron chi connectivity index (χ0n) is 14.2. The number of hydrogen-bond acceptors (Lipinski definition) is 7. The number of aromatic nitrogens is 5. The summed E-state index contributed by atoms with van der Waals surface area (Å²) in [4.78, 5) is 25.0. The highest BCUT2D eigenvalue weighted by molar-refractivity contribution is 5.04. The summed E-state index contributed by atoms with van der Waals surface area (Å²) in [7, 11) is 0. The molecule has 0 spiro atoms. The van der Waals surface area contributed by atoms with Crippen LogP contribution in [0.3, 0.4) is 0 Å². The van der Waals surface area contributed by atoms with E-state index < -0.39 is 36.4 Å². The Morgan fingerprint density at radius 2 is 2.12 bits per heavy atom. The second kappa shape index (κ2) is 7.48. The number of alkyl halides is 1. The normalized spacial score (nSPS) is 22.8. The van der Waals surface area contributed by atoms with Crippen LogP contribution in [0.5, 0.6) is 0 Å². The summed E-state index contributed by atoms with van der Waals surface area (Å²) in [5, 5.41) is 26.4. The van der Waals surface area contributed by atoms with Crippen LogP contribution < -0.4 is 11.2 Å². The predicted molar refractivity (Wildman–Crippen MR) is 86.2 cm³/mol. The molecule has 0 radical (unpaired) electrons. The molecule has 3 heterocycles. The molecule has 0 bridgehead atoms. The molecule has 1 aliphatic rings. The molecule has 1 fully saturated rings. The molecule has 0 amide bonds. The number of ether oxygens (including phenoxy) is 1. The highest BCUT2D eigenvalue weighted by Gasteiger charge is 2.35. The Morgan fingerprint density at radius 1 is 1.35 bits per heavy atom. The van der Waals surface area contributed by atoms with Crippen LogP contribution in [-0.4, -0.2) is 53.2 Å². The maximum Gasteiger partial charge on any atom is 0.333 e. The Bertz CT molecular complexity index is 891. The van der Waals surface area contributed by atoms with E-state index in [1.165, 1.54) is 21.6 Å². The van der Waals surface area contributed by atoms with E-state index in [1.54, 1.807) is 6.92 Å². The molecule has 0 unspecified atom stereocenters. The van der Waals surface area contributed by atoms with Crippen molar-refractivity contribution in [3.05, 3.63) is 44.5 Å². The van der Waals surface area contributed by atoms with Crippen LogP contribution in [0, 0.1) is 6.92 Å². The summed E-state index contributed by atoms with van der Waals surface area (Å²) in [6.45, 7) is 0.644. The molecular weight excluding hydrogens is 349 g/mol. The average molecular weight is 369 g/mol. The lowest BCUT2D eigenvalue weighted by Crippen LogP contribution is -2.42. The Kier molecular flexibility index (Phi) is 5.30. The quantitative estimate of drug-likeness (QED) is 0.650. The second-order valence-corrected chi connectivity index (χ2v) is 6.18. The largest absolute Gasteiger partial charge is 0.394 e. The Hall–Kier alpha value is -2.37. The number of halogens is 1. The number of hydrogen-bond donors (Lipinski definition) is 2. The SMILES string of the molecule is Cc1cn([C@H]2C[C@@H](O)[C@@H](CO)O2)c(=O)n(CCn2cc(CF)nn2)c1=O. The fraction of sp³-hybridized carbons (Fsp3) is 0.600. The third kappa shape index (κ3) is 3.45. The number of nitrogens with zero attached hydrogens (tertiary/aromatic N) is 5. The number of rotatable bonds is 6. The van der Waals surface area contributed by atoms with Crippen molar-refractivity contribution in [3.63, 3.8) is 0 Å². The molecule has 2 aromatic rings. The van der Waals surface area contributed by atoms with Crippen LogP contribution in [-0.2, 0) is 24.5 Å². The lowest BCUT2D eigenvalue weighted by molar-refractivity contribution is -0.0464. The Balaban J connectivity index is 1.87. The summed E-state index contributed by atoms with van der Waals surface area (Å²) < 4.78 is 21.7. The van der Waals surface area contributed by atoms with Gasteiger partial charge < -0.3 is 14.9 Å². The topological polar surface area (TPSA) is 124 Å². The van der Waals surface area contributed by atoms with Gasteiger partial charge in [-0.1, -0.05) is 5.21 Å². The fourth-order valence-electron chi connectivity index (χ4n) is 2.92. The third-order valence-electron chi connectivity index (χ3n) is 4.34. The maximum atomic E-state index is 12.7. The minimum atomic E-state index is -0.896. The van der Waals surface area contributed by atoms with Crippen molar-refractivity contribution in [1.82, 2.24) is 24.1 Å². The van der Waals surface area contributed by atoms with Crippen LogP contribution in [0.2, 0.25) is 0 Å². The summed E-state index contributed by atoms with van der Waals surface area (Å²) in [5.74, 6) is 0. The first kappa shape index (κ1) is 18.4. The van der Waals surface area contributed by atoms with Gasteiger partial charge in [-0.3, -0.25) is 18.6 Å². The van der Waals surface area contributed by atoms with E-state index in [0.717, 1.165) is 4.57 Å². The monoisotopic (exact) mass is 369 g/mol. The smallest absolute Gasteiger partial charge is 0.333 e. The van der Waals surface area contributed by atoms with Gasteiger partial charge in [0.2, 0.25) is 0 Å². The maximum absolute atomic E-state index is 12.7. The van der Waals surface area contributed by atoms with E-state index in [1.807, 2.05) is 0 Å². The second-order valence-electron chi connectivity index (χ2n) is 6.18. The van der Waals surface area contributed by atoms with E-state index in [0.29, 0.717) is 5.56 Å². The number of aliphatic hydroxyl groups is 2. The fourth-order valence-corrected chi connectivity index (χ4v) is 2.92. The minimum absolute atomic E-state index is 0.0210. The van der Waals surface area contributed by atoms with Gasteiger partial charge in [0.25, 0.3) is 5.56 Å². The van der Waals surface area contributed by atoms with Crippen LogP contribution in [0.4, 0.5) is 4.39 Å². The number of aryl methyl sites for hydroxylation is 2. The van der Waals surface area contributed by atoms with Gasteiger partial charge in [-0.25, -0.2) is 9.18 Å². The zero-order chi connectivity index (χ0) is 18.8. The molecule has 142 valence electrons. The molecule has 1 aliphatic heterocycles. The third-order valence-corrected chi connectivity index (χ3v) is 4.34. The van der Waals surface area contributed by atoms with Crippen molar-refractivity contribution < 1.29 is 19.3 Å². The predicted octanol–water partition coefficient (Wildman–Crippen LogP) is -1.28. The van der Waals surface area contributed by atoms with Gasteiger partial charge in [-0.05, 0) is 6.92 Å². The molecular formula is C15H20FN5O5. The molecule has 0 aliphatic carbocycles. The van der Waals surface area contributed by atoms with Gasteiger partial charge in [0, 0.05) is 18.2 Å². The van der Waals surface area contributed by atoms with Crippen LogP contribution in [0.1, 0.15) is 23.9 Å². The lowest BCUT2D eigenvalue weighted by Gasteiger charge is -2.17. The standard InChI is InChI=1S/C15H20FN5O5/c1-9-6-21(13-4-11(23)12(8-22)26-13)15(25)20(14(9)24)3-2-19-7-10(5-16)17-18-19/h6-7,11-13,22-23H,2-5,8H2,1H3/t11-,12-,13-/m1/s1. The van der Waals surface area contributed by atoms with Gasteiger partial charge in [0.15, 0.2) is 0 Å². The van der Waals surface area contributed by atoms with Gasteiger partial charge in [-0.2, -0.15) is 0 Å². The molecule has 2 N–H and O–H groups in total. The van der Waals surface area contributed by atoms with Gasteiger partial charge in [-0.15, -0.1) is 5.10 Å². The first-order chi connectivity index (χ1) is 12.4. The molecule has 11 heteroatoms. The van der Waals surface area contributed by atoms with Crippen LogP contribution in [0.25, 0.3) is 0 Å². The van der Waals surface area contributed by atoms with E-state index in [2.05, 4.69) is 10.3 Å². The summed E-state index contributed by atoms with van der Waals surface area (Å²) in [6.07, 6.45) is 0.473. The van der Waals surface area contributed by atoms with Gasteiger partial charge in [0.1, 0.15) is 24.7 Å². The molecule has 26 heavy (non-hydrogen) atoms. The lowest BCUT2D eigenvalue weighted by atomic mass is 10.2. The average Bonchev–Trinajstić information content (AvgIpc) is 3.24. The zero-order valence-corrected chi connectivity index (χ0v) is 14.2.